The van der Waals surface area contributed by atoms with Crippen LogP contribution in [0.4, 0.5) is 0 Å². The van der Waals surface area contributed by atoms with E-state index in [-0.39, 0.29) is 24.8 Å². The molecule has 2 aromatic rings. The minimum absolute atomic E-state index is 0. The van der Waals surface area contributed by atoms with Crippen LogP contribution in [-0.4, -0.2) is 0 Å². The maximum absolute atomic E-state index is 2.36. The van der Waals surface area contributed by atoms with Crippen molar-refractivity contribution < 1.29 is 24.7 Å². The van der Waals surface area contributed by atoms with Crippen LogP contribution in [0.2, 0.25) is 0 Å². The molecule has 0 radical (unpaired) electrons. The number of aryl methyl sites for hydroxylation is 1. The number of rotatable bonds is 1. The van der Waals surface area contributed by atoms with Crippen molar-refractivity contribution in [1.82, 2.24) is 0 Å². The van der Waals surface area contributed by atoms with Gasteiger partial charge in [0.1, 0.15) is 0 Å². The SMILES string of the molecule is CC1=Cc2c(-c3ccc(C)cc3)cccc2[CH]1[Zr].Cl.Cl. The van der Waals surface area contributed by atoms with Crippen molar-refractivity contribution in [3.8, 4) is 11.1 Å². The van der Waals surface area contributed by atoms with Gasteiger partial charge < -0.3 is 0 Å². The number of hydrogen-bond acceptors (Lipinski definition) is 0. The fourth-order valence-electron chi connectivity index (χ4n) is 2.54. The Balaban J connectivity index is 0.000001000. The molecule has 3 rings (SSSR count). The van der Waals surface area contributed by atoms with Crippen LogP contribution in [0.1, 0.15) is 27.2 Å². The van der Waals surface area contributed by atoms with E-state index in [0.29, 0.717) is 3.63 Å². The molecule has 0 aliphatic heterocycles. The minimum Gasteiger partial charge on any atom is -0.147 e. The molecule has 0 amide bonds. The standard InChI is InChI=1S/C17H15.2ClH.Zr/c1-12-6-8-14(9-7-12)16-5-3-4-15-10-13(2)11-17(15)16;;;/h3-11H,1-2H3;2*1H;. The molecule has 0 aromatic heterocycles. The number of benzene rings is 2. The Labute approximate surface area is 148 Å². The summed E-state index contributed by atoms with van der Waals surface area (Å²) in [6.45, 7) is 4.38. The molecule has 0 nitrogen and oxygen atoms in total. The Morgan fingerprint density at radius 3 is 2.20 bits per heavy atom. The Kier molecular flexibility index (Phi) is 6.26. The van der Waals surface area contributed by atoms with Gasteiger partial charge in [0.15, 0.2) is 0 Å². The van der Waals surface area contributed by atoms with Crippen molar-refractivity contribution in [1.29, 1.82) is 0 Å². The van der Waals surface area contributed by atoms with Crippen molar-refractivity contribution in [3.63, 3.8) is 0 Å². The van der Waals surface area contributed by atoms with Crippen LogP contribution in [0.15, 0.2) is 48.0 Å². The maximum atomic E-state index is 2.36. The molecule has 0 fully saturated rings. The van der Waals surface area contributed by atoms with Crippen molar-refractivity contribution >= 4 is 30.9 Å². The quantitative estimate of drug-likeness (QED) is 0.609. The summed E-state index contributed by atoms with van der Waals surface area (Å²) in [5.41, 5.74) is 8.45. The Bertz CT molecular complexity index is 630. The van der Waals surface area contributed by atoms with E-state index in [2.05, 4.69) is 62.4 Å². The molecular weight excluding hydrogens is 366 g/mol. The van der Waals surface area contributed by atoms with Crippen LogP contribution in [0.5, 0.6) is 0 Å². The fourth-order valence-corrected chi connectivity index (χ4v) is 3.36. The summed E-state index contributed by atoms with van der Waals surface area (Å²) in [5.74, 6) is 0. The van der Waals surface area contributed by atoms with E-state index in [1.165, 1.54) is 33.4 Å². The molecule has 1 aliphatic rings. The van der Waals surface area contributed by atoms with Crippen LogP contribution < -0.4 is 0 Å². The first-order valence-corrected chi connectivity index (χ1v) is 7.68. The van der Waals surface area contributed by atoms with E-state index in [1.807, 2.05) is 0 Å². The molecule has 3 heteroatoms. The van der Waals surface area contributed by atoms with Gasteiger partial charge in [-0.05, 0) is 0 Å². The topological polar surface area (TPSA) is 0 Å². The Hall–Kier alpha value is -0.357. The summed E-state index contributed by atoms with van der Waals surface area (Å²) in [6, 6.07) is 15.5. The van der Waals surface area contributed by atoms with Gasteiger partial charge in [-0.1, -0.05) is 0 Å². The fraction of sp³-hybridized carbons (Fsp3) is 0.176. The molecule has 0 spiro atoms. The first kappa shape index (κ1) is 17.7. The maximum Gasteiger partial charge on any atom is -0.147 e. The molecule has 0 saturated carbocycles. The molecule has 1 aliphatic carbocycles. The first-order chi connectivity index (χ1) is 8.66. The van der Waals surface area contributed by atoms with E-state index >= 15 is 0 Å². The number of hydrogen-bond donors (Lipinski definition) is 0. The molecule has 0 bridgehead atoms. The van der Waals surface area contributed by atoms with E-state index < -0.39 is 0 Å². The first-order valence-electron chi connectivity index (χ1n) is 6.26. The zero-order valence-corrected chi connectivity index (χ0v) is 15.6. The Morgan fingerprint density at radius 1 is 0.900 bits per heavy atom. The van der Waals surface area contributed by atoms with Gasteiger partial charge in [0.2, 0.25) is 0 Å². The van der Waals surface area contributed by atoms with Crippen LogP contribution >= 0.6 is 24.8 Å². The molecule has 0 N–H and O–H groups in total. The van der Waals surface area contributed by atoms with Gasteiger partial charge in [0, 0.05) is 0 Å². The van der Waals surface area contributed by atoms with E-state index in [4.69, 9.17) is 0 Å². The number of allylic oxidation sites excluding steroid dienone is 1. The van der Waals surface area contributed by atoms with Crippen molar-refractivity contribution in [2.24, 2.45) is 0 Å². The molecule has 103 valence electrons. The van der Waals surface area contributed by atoms with Crippen molar-refractivity contribution in [2.45, 2.75) is 17.5 Å². The van der Waals surface area contributed by atoms with Crippen LogP contribution in [0.3, 0.4) is 0 Å². The minimum atomic E-state index is 0. The second-order valence-electron chi connectivity index (χ2n) is 5.00. The van der Waals surface area contributed by atoms with Crippen LogP contribution in [-0.2, 0) is 24.7 Å². The number of halogens is 2. The molecule has 2 aromatic carbocycles. The molecule has 1 unspecified atom stereocenters. The third-order valence-electron chi connectivity index (χ3n) is 3.64. The summed E-state index contributed by atoms with van der Waals surface area (Å²) in [7, 11) is 0. The third kappa shape index (κ3) is 3.11. The van der Waals surface area contributed by atoms with Gasteiger partial charge in [-0.2, -0.15) is 0 Å². The van der Waals surface area contributed by atoms with Crippen molar-refractivity contribution in [3.05, 3.63) is 64.7 Å². The molecule has 20 heavy (non-hydrogen) atoms. The van der Waals surface area contributed by atoms with Gasteiger partial charge in [0.05, 0.1) is 0 Å². The number of fused-ring (bicyclic) bond motifs is 1. The van der Waals surface area contributed by atoms with E-state index in [1.54, 1.807) is 24.7 Å². The van der Waals surface area contributed by atoms with E-state index in [9.17, 15) is 0 Å². The van der Waals surface area contributed by atoms with Gasteiger partial charge in [-0.3, -0.25) is 0 Å². The summed E-state index contributed by atoms with van der Waals surface area (Å²) < 4.78 is 0.651. The summed E-state index contributed by atoms with van der Waals surface area (Å²) in [6.07, 6.45) is 2.36. The summed E-state index contributed by atoms with van der Waals surface area (Å²) >= 11 is 1.59. The monoisotopic (exact) mass is 381 g/mol. The van der Waals surface area contributed by atoms with Gasteiger partial charge >= 0.3 is 124 Å². The molecule has 0 heterocycles. The second kappa shape index (κ2) is 7.07. The van der Waals surface area contributed by atoms with Crippen molar-refractivity contribution in [2.75, 3.05) is 0 Å². The predicted octanol–water partition coefficient (Wildman–Crippen LogP) is 5.51. The molecule has 1 atom stereocenters. The molecule has 0 saturated heterocycles. The second-order valence-corrected chi connectivity index (χ2v) is 6.42. The van der Waals surface area contributed by atoms with Gasteiger partial charge in [-0.25, -0.2) is 0 Å². The van der Waals surface area contributed by atoms with E-state index in [0.717, 1.165) is 0 Å². The average molecular weight is 383 g/mol. The molecular formula is C17H17Cl2Zr. The zero-order chi connectivity index (χ0) is 12.7. The smallest absolute Gasteiger partial charge is 0.147 e. The summed E-state index contributed by atoms with van der Waals surface area (Å²) in [4.78, 5) is 0. The summed E-state index contributed by atoms with van der Waals surface area (Å²) in [5, 5.41) is 0. The Morgan fingerprint density at radius 2 is 1.55 bits per heavy atom. The van der Waals surface area contributed by atoms with Gasteiger partial charge in [0.25, 0.3) is 0 Å². The van der Waals surface area contributed by atoms with Gasteiger partial charge in [-0.15, -0.1) is 24.8 Å². The van der Waals surface area contributed by atoms with Crippen LogP contribution in [0, 0.1) is 6.92 Å². The zero-order valence-electron chi connectivity index (χ0n) is 11.5. The van der Waals surface area contributed by atoms with Crippen LogP contribution in [0.25, 0.3) is 17.2 Å². The predicted molar refractivity (Wildman–Crippen MR) is 87.5 cm³/mol. The normalized spacial score (nSPS) is 15.7. The largest absolute Gasteiger partial charge is 0.147 e. The third-order valence-corrected chi connectivity index (χ3v) is 5.52. The average Bonchev–Trinajstić information content (AvgIpc) is 2.67.